The van der Waals surface area contributed by atoms with Gasteiger partial charge in [-0.25, -0.2) is 0 Å². The maximum absolute atomic E-state index is 12.2. The van der Waals surface area contributed by atoms with Crippen molar-refractivity contribution in [3.63, 3.8) is 0 Å². The Morgan fingerprint density at radius 3 is 2.39 bits per heavy atom. The molecule has 0 spiro atoms. The Hall–Kier alpha value is -2.89. The topological polar surface area (TPSA) is 82.5 Å². The fourth-order valence-corrected chi connectivity index (χ4v) is 2.09. The number of nitrogens with one attached hydrogen (secondary N) is 1. The molecule has 0 bridgehead atoms. The number of pyridine rings is 1. The highest BCUT2D eigenvalue weighted by molar-refractivity contribution is 6.39. The van der Waals surface area contributed by atoms with Gasteiger partial charge in [-0.15, -0.1) is 0 Å². The summed E-state index contributed by atoms with van der Waals surface area (Å²) in [6.45, 7) is 2.74. The van der Waals surface area contributed by atoms with Crippen LogP contribution in [0, 0.1) is 0 Å². The largest absolute Gasteiger partial charge is 0.508 e. The van der Waals surface area contributed by atoms with Gasteiger partial charge >= 0.3 is 11.8 Å². The molecule has 6 nitrogen and oxygen atoms in total. The zero-order valence-corrected chi connectivity index (χ0v) is 12.9. The summed E-state index contributed by atoms with van der Waals surface area (Å²) in [5, 5.41) is 11.7. The first-order chi connectivity index (χ1) is 11.1. The minimum Gasteiger partial charge on any atom is -0.508 e. The van der Waals surface area contributed by atoms with Gasteiger partial charge in [0.2, 0.25) is 0 Å². The lowest BCUT2D eigenvalue weighted by Gasteiger charge is -2.20. The first-order valence-corrected chi connectivity index (χ1v) is 7.38. The molecule has 6 heteroatoms. The third-order valence-electron chi connectivity index (χ3n) is 3.41. The Balaban J connectivity index is 1.93. The van der Waals surface area contributed by atoms with Crippen LogP contribution in [0.2, 0.25) is 0 Å². The molecule has 120 valence electrons. The summed E-state index contributed by atoms with van der Waals surface area (Å²) >= 11 is 0. The molecular formula is C17H19N3O3. The van der Waals surface area contributed by atoms with Gasteiger partial charge in [0, 0.05) is 31.2 Å². The van der Waals surface area contributed by atoms with Gasteiger partial charge in [0.05, 0.1) is 0 Å². The molecule has 1 aromatic heterocycles. The number of nitrogens with zero attached hydrogens (tertiary/aromatic N) is 2. The average Bonchev–Trinajstić information content (AvgIpc) is 2.58. The Bertz CT molecular complexity index is 657. The molecule has 0 aliphatic carbocycles. The van der Waals surface area contributed by atoms with Crippen molar-refractivity contribution >= 4 is 17.5 Å². The zero-order valence-electron chi connectivity index (χ0n) is 12.9. The number of likely N-dealkylation sites (N-methyl/N-ethyl adjacent to an activating group) is 1. The molecule has 1 aromatic carbocycles. The number of benzene rings is 1. The number of aromatic nitrogens is 1. The zero-order chi connectivity index (χ0) is 16.7. The summed E-state index contributed by atoms with van der Waals surface area (Å²) in [6, 6.07) is 9.73. The second-order valence-corrected chi connectivity index (χ2v) is 4.99. The van der Waals surface area contributed by atoms with E-state index in [1.54, 1.807) is 12.4 Å². The molecule has 0 atom stereocenters. The summed E-state index contributed by atoms with van der Waals surface area (Å²) in [5.41, 5.74) is 1.52. The minimum absolute atomic E-state index is 0.0989. The number of anilines is 1. The van der Waals surface area contributed by atoms with E-state index in [-0.39, 0.29) is 5.75 Å². The van der Waals surface area contributed by atoms with Crippen LogP contribution in [0.3, 0.4) is 0 Å². The fraction of sp³-hybridized carbons (Fsp3) is 0.235. The Morgan fingerprint density at radius 2 is 1.78 bits per heavy atom. The molecule has 0 aliphatic rings. The Morgan fingerprint density at radius 1 is 1.13 bits per heavy atom. The second kappa shape index (κ2) is 7.93. The number of rotatable bonds is 5. The van der Waals surface area contributed by atoms with Crippen molar-refractivity contribution in [2.45, 2.75) is 13.3 Å². The highest BCUT2D eigenvalue weighted by Gasteiger charge is 2.20. The summed E-state index contributed by atoms with van der Waals surface area (Å²) in [6.07, 6.45) is 4.06. The van der Waals surface area contributed by atoms with E-state index in [2.05, 4.69) is 10.3 Å². The van der Waals surface area contributed by atoms with E-state index >= 15 is 0 Å². The number of carbonyl (C=O) groups excluding carboxylic acids is 2. The van der Waals surface area contributed by atoms with E-state index in [1.165, 1.54) is 29.2 Å². The van der Waals surface area contributed by atoms with Gasteiger partial charge in [0.25, 0.3) is 0 Å². The van der Waals surface area contributed by atoms with Crippen LogP contribution >= 0.6 is 0 Å². The van der Waals surface area contributed by atoms with Crippen LogP contribution in [0.4, 0.5) is 5.69 Å². The predicted octanol–water partition coefficient (Wildman–Crippen LogP) is 1.82. The predicted molar refractivity (Wildman–Crippen MR) is 86.9 cm³/mol. The third kappa shape index (κ3) is 4.81. The van der Waals surface area contributed by atoms with Crippen LogP contribution in [0.5, 0.6) is 5.75 Å². The minimum atomic E-state index is -0.688. The molecule has 0 radical (unpaired) electrons. The molecule has 0 fully saturated rings. The lowest BCUT2D eigenvalue weighted by molar-refractivity contribution is -0.143. The first-order valence-electron chi connectivity index (χ1n) is 7.38. The molecule has 0 saturated carbocycles. The fourth-order valence-electron chi connectivity index (χ4n) is 2.09. The van der Waals surface area contributed by atoms with Crippen molar-refractivity contribution < 1.29 is 14.7 Å². The monoisotopic (exact) mass is 313 g/mol. The number of aromatic hydroxyl groups is 1. The molecule has 1 heterocycles. The van der Waals surface area contributed by atoms with Gasteiger partial charge in [0.1, 0.15) is 5.75 Å². The van der Waals surface area contributed by atoms with E-state index in [4.69, 9.17) is 0 Å². The average molecular weight is 313 g/mol. The molecule has 0 unspecified atom stereocenters. The normalized spacial score (nSPS) is 10.1. The van der Waals surface area contributed by atoms with Crippen molar-refractivity contribution in [2.24, 2.45) is 0 Å². The maximum Gasteiger partial charge on any atom is 0.313 e. The van der Waals surface area contributed by atoms with Crippen molar-refractivity contribution in [1.82, 2.24) is 9.88 Å². The number of carbonyl (C=O) groups is 2. The number of hydrogen-bond donors (Lipinski definition) is 2. The van der Waals surface area contributed by atoms with Gasteiger partial charge < -0.3 is 15.3 Å². The molecule has 0 aliphatic heterocycles. The SMILES string of the molecule is CCN(CCc1ccncc1)C(=O)C(=O)Nc1ccc(O)cc1. The van der Waals surface area contributed by atoms with Crippen LogP contribution in [0.25, 0.3) is 0 Å². The van der Waals surface area contributed by atoms with E-state index in [9.17, 15) is 14.7 Å². The lowest BCUT2D eigenvalue weighted by Crippen LogP contribution is -2.40. The summed E-state index contributed by atoms with van der Waals surface area (Å²) in [4.78, 5) is 29.7. The molecule has 2 rings (SSSR count). The van der Waals surface area contributed by atoms with Gasteiger partial charge in [-0.05, 0) is 55.3 Å². The molecule has 0 saturated heterocycles. The van der Waals surface area contributed by atoms with E-state index < -0.39 is 11.8 Å². The number of hydrogen-bond acceptors (Lipinski definition) is 4. The van der Waals surface area contributed by atoms with Crippen molar-refractivity contribution in [1.29, 1.82) is 0 Å². The summed E-state index contributed by atoms with van der Waals surface area (Å²) < 4.78 is 0. The lowest BCUT2D eigenvalue weighted by atomic mass is 10.2. The van der Waals surface area contributed by atoms with Crippen molar-refractivity contribution in [3.05, 3.63) is 54.4 Å². The van der Waals surface area contributed by atoms with Crippen LogP contribution in [-0.2, 0) is 16.0 Å². The maximum atomic E-state index is 12.2. The van der Waals surface area contributed by atoms with Gasteiger partial charge in [-0.3, -0.25) is 14.6 Å². The highest BCUT2D eigenvalue weighted by Crippen LogP contribution is 2.13. The quantitative estimate of drug-likeness (QED) is 0.651. The summed E-state index contributed by atoms with van der Waals surface area (Å²) in [5.74, 6) is -1.16. The molecule has 2 N–H and O–H groups in total. The van der Waals surface area contributed by atoms with Crippen molar-refractivity contribution in [2.75, 3.05) is 18.4 Å². The number of amides is 2. The van der Waals surface area contributed by atoms with Crippen LogP contribution in [0.15, 0.2) is 48.8 Å². The van der Waals surface area contributed by atoms with E-state index in [1.807, 2.05) is 19.1 Å². The van der Waals surface area contributed by atoms with Gasteiger partial charge in [0.15, 0.2) is 0 Å². The Labute approximate surface area is 134 Å². The van der Waals surface area contributed by atoms with Gasteiger partial charge in [-0.2, -0.15) is 0 Å². The number of phenols is 1. The van der Waals surface area contributed by atoms with Crippen LogP contribution < -0.4 is 5.32 Å². The molecule has 23 heavy (non-hydrogen) atoms. The molecule has 2 aromatic rings. The molecule has 2 amide bonds. The van der Waals surface area contributed by atoms with Crippen LogP contribution in [0.1, 0.15) is 12.5 Å². The Kier molecular flexibility index (Phi) is 5.68. The molecular weight excluding hydrogens is 294 g/mol. The van der Waals surface area contributed by atoms with E-state index in [0.717, 1.165) is 5.56 Å². The smallest absolute Gasteiger partial charge is 0.313 e. The second-order valence-electron chi connectivity index (χ2n) is 4.99. The van der Waals surface area contributed by atoms with E-state index in [0.29, 0.717) is 25.2 Å². The van der Waals surface area contributed by atoms with Crippen LogP contribution in [-0.4, -0.2) is 39.9 Å². The third-order valence-corrected chi connectivity index (χ3v) is 3.41. The first kappa shape index (κ1) is 16.5. The highest BCUT2D eigenvalue weighted by atomic mass is 16.3. The van der Waals surface area contributed by atoms with Crippen molar-refractivity contribution in [3.8, 4) is 5.75 Å². The number of phenolic OH excluding ortho intramolecular Hbond substituents is 1. The standard InChI is InChI=1S/C17H19N3O3/c1-2-20(12-9-13-7-10-18-11-8-13)17(23)16(22)19-14-3-5-15(21)6-4-14/h3-8,10-11,21H,2,9,12H2,1H3,(H,19,22). The summed E-state index contributed by atoms with van der Waals surface area (Å²) in [7, 11) is 0. The van der Waals surface area contributed by atoms with Gasteiger partial charge in [-0.1, -0.05) is 0 Å².